The highest BCUT2D eigenvalue weighted by atomic mass is 16.4. The molecular formula is C17H16N4O2. The quantitative estimate of drug-likeness (QED) is 0.772. The average Bonchev–Trinajstić information content (AvgIpc) is 2.99. The predicted octanol–water partition coefficient (Wildman–Crippen LogP) is 2.40. The largest absolute Gasteiger partial charge is 0.478 e. The van der Waals surface area contributed by atoms with E-state index in [9.17, 15) is 4.79 Å². The first kappa shape index (κ1) is 14.9. The van der Waals surface area contributed by atoms with Gasteiger partial charge in [-0.1, -0.05) is 41.1 Å². The van der Waals surface area contributed by atoms with Crippen molar-refractivity contribution in [2.24, 2.45) is 5.73 Å². The summed E-state index contributed by atoms with van der Waals surface area (Å²) in [7, 11) is 0. The molecule has 3 aromatic rings. The number of hydrogen-bond donors (Lipinski definition) is 2. The van der Waals surface area contributed by atoms with Crippen LogP contribution in [0.25, 0.3) is 16.9 Å². The Balaban J connectivity index is 2.17. The van der Waals surface area contributed by atoms with Gasteiger partial charge in [0.05, 0.1) is 16.9 Å². The van der Waals surface area contributed by atoms with E-state index in [1.807, 2.05) is 31.2 Å². The topological polar surface area (TPSA) is 94.0 Å². The second kappa shape index (κ2) is 6.02. The van der Waals surface area contributed by atoms with Crippen LogP contribution in [0.3, 0.4) is 0 Å². The van der Waals surface area contributed by atoms with Crippen molar-refractivity contribution >= 4 is 5.97 Å². The van der Waals surface area contributed by atoms with Crippen LogP contribution < -0.4 is 5.73 Å². The van der Waals surface area contributed by atoms with E-state index >= 15 is 0 Å². The van der Waals surface area contributed by atoms with Crippen molar-refractivity contribution < 1.29 is 9.90 Å². The molecule has 0 fully saturated rings. The van der Waals surface area contributed by atoms with Crippen molar-refractivity contribution in [1.29, 1.82) is 0 Å². The second-order valence-corrected chi connectivity index (χ2v) is 5.22. The van der Waals surface area contributed by atoms with Gasteiger partial charge in [-0.25, -0.2) is 9.48 Å². The van der Waals surface area contributed by atoms with E-state index in [0.717, 1.165) is 16.8 Å². The minimum Gasteiger partial charge on any atom is -0.478 e. The van der Waals surface area contributed by atoms with Gasteiger partial charge in [0.25, 0.3) is 0 Å². The number of aromatic nitrogens is 3. The van der Waals surface area contributed by atoms with Gasteiger partial charge in [0.2, 0.25) is 0 Å². The Kier molecular flexibility index (Phi) is 3.91. The van der Waals surface area contributed by atoms with Gasteiger partial charge in [0.15, 0.2) is 0 Å². The lowest BCUT2D eigenvalue weighted by atomic mass is 10.1. The average molecular weight is 308 g/mol. The van der Waals surface area contributed by atoms with E-state index < -0.39 is 5.97 Å². The van der Waals surface area contributed by atoms with Gasteiger partial charge >= 0.3 is 5.97 Å². The molecule has 0 saturated heterocycles. The van der Waals surface area contributed by atoms with E-state index in [1.165, 1.54) is 6.07 Å². The molecule has 116 valence electrons. The Morgan fingerprint density at radius 2 is 1.96 bits per heavy atom. The second-order valence-electron chi connectivity index (χ2n) is 5.22. The number of carboxylic acids is 1. The molecule has 0 aliphatic rings. The van der Waals surface area contributed by atoms with Crippen LogP contribution in [0.5, 0.6) is 0 Å². The lowest BCUT2D eigenvalue weighted by Crippen LogP contribution is -2.04. The van der Waals surface area contributed by atoms with E-state index in [-0.39, 0.29) is 12.1 Å². The van der Waals surface area contributed by atoms with Crippen LogP contribution in [0.4, 0.5) is 0 Å². The fraction of sp³-hybridized carbons (Fsp3) is 0.118. The third kappa shape index (κ3) is 2.84. The molecule has 0 atom stereocenters. The first-order chi connectivity index (χ1) is 11.1. The smallest absolute Gasteiger partial charge is 0.335 e. The van der Waals surface area contributed by atoms with Crippen LogP contribution in [-0.4, -0.2) is 26.1 Å². The highest BCUT2D eigenvalue weighted by Crippen LogP contribution is 2.25. The fourth-order valence-electron chi connectivity index (χ4n) is 2.40. The van der Waals surface area contributed by atoms with Crippen molar-refractivity contribution in [3.8, 4) is 16.9 Å². The monoisotopic (exact) mass is 308 g/mol. The molecular weight excluding hydrogens is 292 g/mol. The lowest BCUT2D eigenvalue weighted by Gasteiger charge is -2.09. The van der Waals surface area contributed by atoms with E-state index in [4.69, 9.17) is 10.8 Å². The molecule has 0 amide bonds. The molecule has 3 rings (SSSR count). The number of hydrogen-bond acceptors (Lipinski definition) is 4. The first-order valence-electron chi connectivity index (χ1n) is 7.15. The summed E-state index contributed by atoms with van der Waals surface area (Å²) < 4.78 is 1.62. The molecule has 0 bridgehead atoms. The van der Waals surface area contributed by atoms with Crippen LogP contribution in [0, 0.1) is 6.92 Å². The van der Waals surface area contributed by atoms with Gasteiger partial charge in [-0.3, -0.25) is 0 Å². The maximum atomic E-state index is 11.2. The maximum absolute atomic E-state index is 11.2. The summed E-state index contributed by atoms with van der Waals surface area (Å²) in [6, 6.07) is 14.5. The van der Waals surface area contributed by atoms with E-state index in [0.29, 0.717) is 11.4 Å². The third-order valence-electron chi connectivity index (χ3n) is 3.60. The summed E-state index contributed by atoms with van der Waals surface area (Å²) in [6.07, 6.45) is 0. The summed E-state index contributed by atoms with van der Waals surface area (Å²) in [5.41, 5.74) is 10.1. The zero-order valence-corrected chi connectivity index (χ0v) is 12.6. The summed E-state index contributed by atoms with van der Waals surface area (Å²) in [4.78, 5) is 11.2. The summed E-state index contributed by atoms with van der Waals surface area (Å²) in [5, 5.41) is 17.4. The van der Waals surface area contributed by atoms with Crippen molar-refractivity contribution in [2.75, 3.05) is 0 Å². The van der Waals surface area contributed by atoms with Gasteiger partial charge in [-0.05, 0) is 25.1 Å². The van der Waals surface area contributed by atoms with E-state index in [1.54, 1.807) is 22.9 Å². The molecule has 0 radical (unpaired) electrons. The van der Waals surface area contributed by atoms with Crippen molar-refractivity contribution in [3.63, 3.8) is 0 Å². The van der Waals surface area contributed by atoms with Crippen molar-refractivity contribution in [3.05, 3.63) is 65.4 Å². The number of rotatable bonds is 4. The summed E-state index contributed by atoms with van der Waals surface area (Å²) in [5.74, 6) is -0.983. The van der Waals surface area contributed by atoms with Crippen molar-refractivity contribution in [2.45, 2.75) is 13.5 Å². The molecule has 1 heterocycles. The SMILES string of the molecule is Cc1ccc(-c2c(CN)nnn2-c2cccc(C(=O)O)c2)cc1. The first-order valence-corrected chi connectivity index (χ1v) is 7.15. The number of carbonyl (C=O) groups is 1. The molecule has 0 spiro atoms. The number of carboxylic acid groups (broad SMARTS) is 1. The van der Waals surface area contributed by atoms with E-state index in [2.05, 4.69) is 10.3 Å². The lowest BCUT2D eigenvalue weighted by molar-refractivity contribution is 0.0697. The van der Waals surface area contributed by atoms with Gasteiger partial charge in [0, 0.05) is 12.1 Å². The number of benzene rings is 2. The zero-order valence-electron chi connectivity index (χ0n) is 12.6. The molecule has 0 saturated carbocycles. The van der Waals surface area contributed by atoms with Gasteiger partial charge < -0.3 is 10.8 Å². The molecule has 23 heavy (non-hydrogen) atoms. The van der Waals surface area contributed by atoms with Crippen LogP contribution >= 0.6 is 0 Å². The normalized spacial score (nSPS) is 10.7. The molecule has 3 N–H and O–H groups in total. The molecule has 2 aromatic carbocycles. The Morgan fingerprint density at radius 3 is 2.61 bits per heavy atom. The summed E-state index contributed by atoms with van der Waals surface area (Å²) in [6.45, 7) is 2.27. The molecule has 0 aliphatic carbocycles. The minimum absolute atomic E-state index is 0.196. The molecule has 1 aromatic heterocycles. The number of nitrogens with two attached hydrogens (primary N) is 1. The third-order valence-corrected chi connectivity index (χ3v) is 3.60. The predicted molar refractivity (Wildman–Crippen MR) is 86.4 cm³/mol. The fourth-order valence-corrected chi connectivity index (χ4v) is 2.40. The summed E-state index contributed by atoms with van der Waals surface area (Å²) >= 11 is 0. The van der Waals surface area contributed by atoms with Gasteiger partial charge in [0.1, 0.15) is 5.69 Å². The minimum atomic E-state index is -0.983. The Hall–Kier alpha value is -2.99. The Bertz CT molecular complexity index is 853. The van der Waals surface area contributed by atoms with Crippen LogP contribution in [0.1, 0.15) is 21.6 Å². The van der Waals surface area contributed by atoms with Crippen LogP contribution in [0.2, 0.25) is 0 Å². The van der Waals surface area contributed by atoms with Gasteiger partial charge in [-0.15, -0.1) is 5.10 Å². The highest BCUT2D eigenvalue weighted by Gasteiger charge is 2.16. The standard InChI is InChI=1S/C17H16N4O2/c1-11-5-7-12(8-6-11)16-15(10-18)19-20-21(16)14-4-2-3-13(9-14)17(22)23/h2-9H,10,18H2,1H3,(H,22,23). The maximum Gasteiger partial charge on any atom is 0.335 e. The number of aryl methyl sites for hydroxylation is 1. The highest BCUT2D eigenvalue weighted by molar-refractivity contribution is 5.88. The van der Waals surface area contributed by atoms with Gasteiger partial charge in [-0.2, -0.15) is 0 Å². The molecule has 0 aliphatic heterocycles. The van der Waals surface area contributed by atoms with Crippen LogP contribution in [0.15, 0.2) is 48.5 Å². The molecule has 0 unspecified atom stereocenters. The molecule has 6 nitrogen and oxygen atoms in total. The van der Waals surface area contributed by atoms with Crippen molar-refractivity contribution in [1.82, 2.24) is 15.0 Å². The Morgan fingerprint density at radius 1 is 1.22 bits per heavy atom. The zero-order chi connectivity index (χ0) is 16.4. The van der Waals surface area contributed by atoms with Crippen LogP contribution in [-0.2, 0) is 6.54 Å². The number of nitrogens with zero attached hydrogens (tertiary/aromatic N) is 3. The Labute approximate surface area is 133 Å². The number of aromatic carboxylic acids is 1. The molecule has 6 heteroatoms.